The lowest BCUT2D eigenvalue weighted by Crippen LogP contribution is -2.53. The van der Waals surface area contributed by atoms with E-state index in [4.69, 9.17) is 14.2 Å². The summed E-state index contributed by atoms with van der Waals surface area (Å²) in [5.41, 5.74) is 2.04. The average Bonchev–Trinajstić information content (AvgIpc) is 2.84. The topological polar surface area (TPSA) is 68.3 Å². The summed E-state index contributed by atoms with van der Waals surface area (Å²) >= 11 is 0. The van der Waals surface area contributed by atoms with Gasteiger partial charge in [0.05, 0.1) is 24.5 Å². The third kappa shape index (κ3) is 7.79. The van der Waals surface area contributed by atoms with Crippen LogP contribution in [0, 0.1) is 23.2 Å². The molecule has 0 radical (unpaired) electrons. The van der Waals surface area contributed by atoms with Crippen LogP contribution in [-0.2, 0) is 23.8 Å². The molecule has 3 atom stereocenters. The molecule has 7 nitrogen and oxygen atoms in total. The molecule has 0 N–H and O–H groups in total. The number of carbonyl (C=O) groups excluding carboxylic acids is 2. The van der Waals surface area contributed by atoms with E-state index in [1.54, 1.807) is 24.7 Å². The van der Waals surface area contributed by atoms with E-state index >= 15 is 0 Å². The SMILES string of the molecule is CCCC1=C(C)C2CCC1CC2(CCN(C)CCCN(C)C(=O)C(C)(COC)COC)OC(=O)C(C)C. The third-order valence-corrected chi connectivity index (χ3v) is 8.59. The minimum absolute atomic E-state index is 0.0433. The maximum Gasteiger partial charge on any atom is 0.308 e. The first kappa shape index (κ1) is 31.8. The molecule has 7 heteroatoms. The van der Waals surface area contributed by atoms with Gasteiger partial charge in [0.1, 0.15) is 5.60 Å². The zero-order valence-electron chi connectivity index (χ0n) is 25.2. The molecule has 0 aromatic heterocycles. The predicted molar refractivity (Wildman–Crippen MR) is 148 cm³/mol. The van der Waals surface area contributed by atoms with Crippen molar-refractivity contribution >= 4 is 11.9 Å². The van der Waals surface area contributed by atoms with Crippen molar-refractivity contribution in [2.24, 2.45) is 23.2 Å². The van der Waals surface area contributed by atoms with Crippen LogP contribution >= 0.6 is 0 Å². The minimum Gasteiger partial charge on any atom is -0.458 e. The number of esters is 1. The molecule has 3 rings (SSSR count). The zero-order chi connectivity index (χ0) is 27.8. The summed E-state index contributed by atoms with van der Waals surface area (Å²) in [6.07, 6.45) is 7.37. The Labute approximate surface area is 226 Å². The molecular weight excluding hydrogens is 468 g/mol. The molecule has 0 aliphatic heterocycles. The van der Waals surface area contributed by atoms with E-state index in [2.05, 4.69) is 25.8 Å². The lowest BCUT2D eigenvalue weighted by molar-refractivity contribution is -0.178. The van der Waals surface area contributed by atoms with Gasteiger partial charge in [0.2, 0.25) is 5.91 Å². The second kappa shape index (κ2) is 14.1. The number of rotatable bonds is 16. The Balaban J connectivity index is 2.00. The van der Waals surface area contributed by atoms with Gasteiger partial charge in [0, 0.05) is 46.7 Å². The van der Waals surface area contributed by atoms with Gasteiger partial charge >= 0.3 is 5.97 Å². The van der Waals surface area contributed by atoms with Gasteiger partial charge in [-0.05, 0) is 65.5 Å². The Hall–Kier alpha value is -1.44. The summed E-state index contributed by atoms with van der Waals surface area (Å²) in [6, 6.07) is 0. The van der Waals surface area contributed by atoms with Crippen LogP contribution in [0.5, 0.6) is 0 Å². The molecule has 3 aliphatic rings. The first-order valence-corrected chi connectivity index (χ1v) is 14.3. The van der Waals surface area contributed by atoms with E-state index < -0.39 is 11.0 Å². The summed E-state index contributed by atoms with van der Waals surface area (Å²) < 4.78 is 17.0. The summed E-state index contributed by atoms with van der Waals surface area (Å²) in [5, 5.41) is 0. The molecule has 1 saturated carbocycles. The van der Waals surface area contributed by atoms with Gasteiger partial charge in [-0.15, -0.1) is 0 Å². The highest BCUT2D eigenvalue weighted by atomic mass is 16.6. The fraction of sp³-hybridized carbons (Fsp3) is 0.867. The normalized spacial score (nSPS) is 23.8. The van der Waals surface area contributed by atoms with Crippen LogP contribution in [-0.4, -0.2) is 88.4 Å². The number of methoxy groups -OCH3 is 2. The van der Waals surface area contributed by atoms with Crippen LogP contribution < -0.4 is 0 Å². The monoisotopic (exact) mass is 522 g/mol. The second-order valence-corrected chi connectivity index (χ2v) is 12.2. The molecule has 3 unspecified atom stereocenters. The number of allylic oxidation sites excluding steroid dienone is 1. The van der Waals surface area contributed by atoms with Crippen LogP contribution in [0.4, 0.5) is 0 Å². The van der Waals surface area contributed by atoms with Crippen LogP contribution in [0.25, 0.3) is 0 Å². The number of hydrogen-bond acceptors (Lipinski definition) is 6. The highest BCUT2D eigenvalue weighted by Crippen LogP contribution is 2.54. The number of ether oxygens (including phenoxy) is 3. The molecular formula is C30H54N2O5. The molecule has 3 aliphatic carbocycles. The van der Waals surface area contributed by atoms with Crippen molar-refractivity contribution in [3.05, 3.63) is 11.1 Å². The Morgan fingerprint density at radius 3 is 2.27 bits per heavy atom. The smallest absolute Gasteiger partial charge is 0.308 e. The Morgan fingerprint density at radius 1 is 1.08 bits per heavy atom. The molecule has 37 heavy (non-hydrogen) atoms. The van der Waals surface area contributed by atoms with Gasteiger partial charge in [-0.25, -0.2) is 0 Å². The fourth-order valence-corrected chi connectivity index (χ4v) is 6.61. The van der Waals surface area contributed by atoms with Crippen molar-refractivity contribution < 1.29 is 23.8 Å². The fourth-order valence-electron chi connectivity index (χ4n) is 6.61. The quantitative estimate of drug-likeness (QED) is 0.211. The highest BCUT2D eigenvalue weighted by Gasteiger charge is 2.52. The van der Waals surface area contributed by atoms with Gasteiger partial charge in [0.15, 0.2) is 0 Å². The Morgan fingerprint density at radius 2 is 1.73 bits per heavy atom. The van der Waals surface area contributed by atoms with Crippen LogP contribution in [0.3, 0.4) is 0 Å². The first-order chi connectivity index (χ1) is 17.4. The predicted octanol–water partition coefficient (Wildman–Crippen LogP) is 4.94. The molecule has 0 spiro atoms. The average molecular weight is 523 g/mol. The number of hydrogen-bond donors (Lipinski definition) is 0. The summed E-state index contributed by atoms with van der Waals surface area (Å²) in [6.45, 7) is 13.4. The molecule has 0 heterocycles. The number of amides is 1. The molecule has 1 amide bonds. The Kier molecular flexibility index (Phi) is 12.1. The maximum atomic E-state index is 13.0. The molecule has 2 bridgehead atoms. The van der Waals surface area contributed by atoms with Crippen molar-refractivity contribution in [3.8, 4) is 0 Å². The molecule has 214 valence electrons. The molecule has 0 aromatic rings. The number of carbonyl (C=O) groups is 2. The standard InChI is InChI=1S/C30H54N2O5/c1-10-12-25-23(4)26-14-13-24(25)19-30(26,37-27(33)22(2)3)15-18-31(6)16-11-17-32(7)28(34)29(5,20-35-8)21-36-9/h22,24,26H,10-21H2,1-9H3. The van der Waals surface area contributed by atoms with E-state index in [-0.39, 0.29) is 17.8 Å². The third-order valence-electron chi connectivity index (χ3n) is 8.59. The van der Waals surface area contributed by atoms with Gasteiger partial charge in [-0.3, -0.25) is 9.59 Å². The van der Waals surface area contributed by atoms with Crippen molar-refractivity contribution in [2.75, 3.05) is 61.2 Å². The number of nitrogens with zero attached hydrogens (tertiary/aromatic N) is 2. The van der Waals surface area contributed by atoms with Crippen LogP contribution in [0.15, 0.2) is 11.1 Å². The zero-order valence-corrected chi connectivity index (χ0v) is 25.2. The van der Waals surface area contributed by atoms with E-state index in [9.17, 15) is 9.59 Å². The molecule has 0 saturated heterocycles. The lowest BCUT2D eigenvalue weighted by atomic mass is 9.58. The van der Waals surface area contributed by atoms with E-state index in [1.807, 2.05) is 27.8 Å². The van der Waals surface area contributed by atoms with Crippen molar-refractivity contribution in [1.29, 1.82) is 0 Å². The van der Waals surface area contributed by atoms with Crippen molar-refractivity contribution in [3.63, 3.8) is 0 Å². The van der Waals surface area contributed by atoms with Crippen molar-refractivity contribution in [1.82, 2.24) is 9.80 Å². The highest BCUT2D eigenvalue weighted by molar-refractivity contribution is 5.82. The van der Waals surface area contributed by atoms with Gasteiger partial charge in [-0.2, -0.15) is 0 Å². The summed E-state index contributed by atoms with van der Waals surface area (Å²) in [4.78, 5) is 30.0. The summed E-state index contributed by atoms with van der Waals surface area (Å²) in [7, 11) is 7.21. The lowest BCUT2D eigenvalue weighted by Gasteiger charge is -2.53. The molecule has 1 fully saturated rings. The van der Waals surface area contributed by atoms with Crippen LogP contribution in [0.1, 0.15) is 79.6 Å². The van der Waals surface area contributed by atoms with Crippen molar-refractivity contribution in [2.45, 2.75) is 85.2 Å². The van der Waals surface area contributed by atoms with E-state index in [1.165, 1.54) is 24.8 Å². The Bertz CT molecular complexity index is 789. The van der Waals surface area contributed by atoms with Gasteiger partial charge in [-0.1, -0.05) is 38.3 Å². The van der Waals surface area contributed by atoms with E-state index in [0.717, 1.165) is 38.8 Å². The van der Waals surface area contributed by atoms with Gasteiger partial charge < -0.3 is 24.0 Å². The minimum atomic E-state index is -0.681. The summed E-state index contributed by atoms with van der Waals surface area (Å²) in [5.74, 6) is 0.725. The molecule has 0 aromatic carbocycles. The maximum absolute atomic E-state index is 13.0. The van der Waals surface area contributed by atoms with E-state index in [0.29, 0.717) is 31.6 Å². The second-order valence-electron chi connectivity index (χ2n) is 12.2. The van der Waals surface area contributed by atoms with Gasteiger partial charge in [0.25, 0.3) is 0 Å². The largest absolute Gasteiger partial charge is 0.458 e. The van der Waals surface area contributed by atoms with Crippen LogP contribution in [0.2, 0.25) is 0 Å². The number of fused-ring (bicyclic) bond motifs is 2. The first-order valence-electron chi connectivity index (χ1n) is 14.3.